The van der Waals surface area contributed by atoms with Crippen LogP contribution < -0.4 is 61.7 Å². The van der Waals surface area contributed by atoms with Gasteiger partial charge >= 0.3 is 56.6 Å². The number of rotatable bonds is 2. The third-order valence-corrected chi connectivity index (χ3v) is 0.596. The van der Waals surface area contributed by atoms with E-state index in [4.69, 9.17) is 0 Å². The average molecular weight is 195 g/mol. The van der Waals surface area contributed by atoms with Crippen LogP contribution in [0.25, 0.3) is 5.32 Å². The molecule has 2 nitrogen and oxygen atoms in total. The number of nitrogens with zero attached hydrogens (tertiary/aromatic N) is 1. The molecule has 0 atom stereocenters. The van der Waals surface area contributed by atoms with E-state index in [-0.39, 0.29) is 58.0 Å². The summed E-state index contributed by atoms with van der Waals surface area (Å²) in [6.45, 7) is 13.3. The Balaban J connectivity index is -0.0000000258. The molecular formula is C10H24Li3NO. The molecular weight excluding hydrogens is 171 g/mol. The van der Waals surface area contributed by atoms with Crippen molar-refractivity contribution in [3.8, 4) is 0 Å². The SMILES string of the molecule is CC(C)(C)[O-].CC(C)[N-]C(C)C.[H-].[Li+].[Li+].[Li+]. The van der Waals surface area contributed by atoms with Crippen LogP contribution in [0.4, 0.5) is 0 Å². The second-order valence-corrected chi connectivity index (χ2v) is 4.45. The van der Waals surface area contributed by atoms with Crippen molar-refractivity contribution in [3.05, 3.63) is 5.32 Å². The van der Waals surface area contributed by atoms with Gasteiger partial charge in [0, 0.05) is 0 Å². The molecule has 0 bridgehead atoms. The van der Waals surface area contributed by atoms with Gasteiger partial charge in [-0.2, -0.15) is 0 Å². The molecule has 0 spiro atoms. The van der Waals surface area contributed by atoms with Gasteiger partial charge in [-0.1, -0.05) is 48.5 Å². The van der Waals surface area contributed by atoms with Gasteiger partial charge in [-0.15, -0.1) is 17.7 Å². The molecule has 0 unspecified atom stereocenters. The molecule has 0 rings (SSSR count). The van der Waals surface area contributed by atoms with Gasteiger partial charge in [-0.05, 0) is 0 Å². The molecule has 0 aliphatic carbocycles. The van der Waals surface area contributed by atoms with Crippen molar-refractivity contribution in [2.24, 2.45) is 0 Å². The summed E-state index contributed by atoms with van der Waals surface area (Å²) in [6.07, 6.45) is 0. The van der Waals surface area contributed by atoms with Crippen LogP contribution in [0.2, 0.25) is 0 Å². The third kappa shape index (κ3) is 90.5. The second-order valence-electron chi connectivity index (χ2n) is 4.45. The number of hydrogen-bond donors (Lipinski definition) is 0. The summed E-state index contributed by atoms with van der Waals surface area (Å²) in [5.74, 6) is 0. The third-order valence-electron chi connectivity index (χ3n) is 0.596. The summed E-state index contributed by atoms with van der Waals surface area (Å²) in [4.78, 5) is 0. The van der Waals surface area contributed by atoms with Crippen molar-refractivity contribution >= 4 is 0 Å². The average Bonchev–Trinajstić information content (AvgIpc) is 1.52. The largest absolute Gasteiger partial charge is 1.00 e. The van der Waals surface area contributed by atoms with Crippen molar-refractivity contribution in [1.82, 2.24) is 0 Å². The molecule has 0 saturated heterocycles. The molecule has 0 N–H and O–H groups in total. The summed E-state index contributed by atoms with van der Waals surface area (Å²) in [5.41, 5.74) is -0.750. The molecule has 0 aromatic rings. The minimum Gasteiger partial charge on any atom is -1.00 e. The normalized spacial score (nSPS) is 9.20. The van der Waals surface area contributed by atoms with Gasteiger partial charge in [-0.25, -0.2) is 0 Å². The molecule has 0 aromatic heterocycles. The first-order valence-corrected chi connectivity index (χ1v) is 4.53. The van der Waals surface area contributed by atoms with Crippen molar-refractivity contribution in [1.29, 1.82) is 0 Å². The van der Waals surface area contributed by atoms with Crippen LogP contribution in [-0.2, 0) is 0 Å². The van der Waals surface area contributed by atoms with Gasteiger partial charge in [0.1, 0.15) is 0 Å². The predicted molar refractivity (Wildman–Crippen MR) is 54.5 cm³/mol. The van der Waals surface area contributed by atoms with Crippen molar-refractivity contribution in [2.75, 3.05) is 0 Å². The zero-order valence-corrected chi connectivity index (χ0v) is 12.5. The Morgan fingerprint density at radius 3 is 1.00 bits per heavy atom. The Morgan fingerprint density at radius 2 is 1.00 bits per heavy atom. The van der Waals surface area contributed by atoms with Crippen molar-refractivity contribution < 1.29 is 63.1 Å². The Kier molecular flexibility index (Phi) is 31.5. The zero-order valence-electron chi connectivity index (χ0n) is 13.5. The fourth-order valence-corrected chi connectivity index (χ4v) is 0.596. The molecule has 0 fully saturated rings. The standard InChI is InChI=1S/C6H14N.C4H9O.3Li.H/c1-5(2)7-6(3)4;1-4(2,3)5;;;;/h5-6H,1-4H3;1-3H3;;;;/q2*-1;3*+1;-1. The van der Waals surface area contributed by atoms with Gasteiger partial charge in [0.05, 0.1) is 0 Å². The minimum atomic E-state index is -0.750. The molecule has 0 saturated carbocycles. The maximum atomic E-state index is 10.1. The molecule has 0 heterocycles. The summed E-state index contributed by atoms with van der Waals surface area (Å²) < 4.78 is 0. The minimum absolute atomic E-state index is 0. The van der Waals surface area contributed by atoms with E-state index in [2.05, 4.69) is 33.0 Å². The van der Waals surface area contributed by atoms with Crippen molar-refractivity contribution in [3.63, 3.8) is 0 Å². The first kappa shape index (κ1) is 30.1. The van der Waals surface area contributed by atoms with Crippen LogP contribution in [0, 0.1) is 0 Å². The zero-order chi connectivity index (χ0) is 10.4. The van der Waals surface area contributed by atoms with Gasteiger partial charge < -0.3 is 11.8 Å². The van der Waals surface area contributed by atoms with Crippen molar-refractivity contribution in [2.45, 2.75) is 66.2 Å². The van der Waals surface area contributed by atoms with E-state index < -0.39 is 5.60 Å². The molecule has 0 radical (unpaired) electrons. The molecule has 0 aromatic carbocycles. The van der Waals surface area contributed by atoms with Gasteiger partial charge in [0.15, 0.2) is 0 Å². The van der Waals surface area contributed by atoms with E-state index in [0.29, 0.717) is 12.1 Å². The van der Waals surface area contributed by atoms with Gasteiger partial charge in [-0.3, -0.25) is 0 Å². The molecule has 78 valence electrons. The Bertz CT molecular complexity index is 96.7. The van der Waals surface area contributed by atoms with Crippen LogP contribution in [0.15, 0.2) is 0 Å². The monoisotopic (exact) mass is 195 g/mol. The van der Waals surface area contributed by atoms with E-state index in [0.717, 1.165) is 0 Å². The van der Waals surface area contributed by atoms with Crippen LogP contribution in [0.5, 0.6) is 0 Å². The van der Waals surface area contributed by atoms with Gasteiger partial charge in [0.25, 0.3) is 0 Å². The molecule has 0 aliphatic rings. The summed E-state index contributed by atoms with van der Waals surface area (Å²) in [7, 11) is 0. The van der Waals surface area contributed by atoms with E-state index in [1.54, 1.807) is 20.8 Å². The summed E-state index contributed by atoms with van der Waals surface area (Å²) in [6, 6.07) is 1.000. The molecule has 15 heavy (non-hydrogen) atoms. The van der Waals surface area contributed by atoms with E-state index in [9.17, 15) is 5.11 Å². The Labute approximate surface area is 134 Å². The van der Waals surface area contributed by atoms with E-state index in [1.807, 2.05) is 0 Å². The smallest absolute Gasteiger partial charge is 1.00 e. The quantitative estimate of drug-likeness (QED) is 0.404. The van der Waals surface area contributed by atoms with Crippen LogP contribution in [0.1, 0.15) is 49.9 Å². The fraction of sp³-hybridized carbons (Fsp3) is 1.00. The predicted octanol–water partition coefficient (Wildman–Crippen LogP) is -6.55. The van der Waals surface area contributed by atoms with Gasteiger partial charge in [0.2, 0.25) is 0 Å². The first-order chi connectivity index (χ1) is 5.13. The van der Waals surface area contributed by atoms with Crippen LogP contribution >= 0.6 is 0 Å². The number of hydrogen-bond acceptors (Lipinski definition) is 1. The molecule has 5 heteroatoms. The summed E-state index contributed by atoms with van der Waals surface area (Å²) in [5, 5.41) is 14.4. The molecule has 0 aliphatic heterocycles. The fourth-order valence-electron chi connectivity index (χ4n) is 0.596. The maximum absolute atomic E-state index is 10.1. The Hall–Kier alpha value is 1.71. The first-order valence-electron chi connectivity index (χ1n) is 4.53. The summed E-state index contributed by atoms with van der Waals surface area (Å²) >= 11 is 0. The Morgan fingerprint density at radius 1 is 0.867 bits per heavy atom. The van der Waals surface area contributed by atoms with E-state index in [1.165, 1.54) is 0 Å². The van der Waals surface area contributed by atoms with Crippen LogP contribution in [0.3, 0.4) is 0 Å². The van der Waals surface area contributed by atoms with E-state index >= 15 is 0 Å². The maximum Gasteiger partial charge on any atom is 1.00 e. The topological polar surface area (TPSA) is 37.2 Å². The molecule has 0 amide bonds. The van der Waals surface area contributed by atoms with Crippen LogP contribution in [-0.4, -0.2) is 17.7 Å². The second kappa shape index (κ2) is 15.7.